The Morgan fingerprint density at radius 1 is 1.06 bits per heavy atom. The molecule has 1 saturated heterocycles. The van der Waals surface area contributed by atoms with Gasteiger partial charge in [0, 0.05) is 77.9 Å². The highest BCUT2D eigenvalue weighted by atomic mass is 16.5. The molecule has 166 valence electrons. The van der Waals surface area contributed by atoms with E-state index < -0.39 is 0 Å². The van der Waals surface area contributed by atoms with Crippen molar-refractivity contribution in [3.63, 3.8) is 0 Å². The number of ether oxygens (including phenoxy) is 1. The van der Waals surface area contributed by atoms with Gasteiger partial charge in [0.15, 0.2) is 5.82 Å². The zero-order chi connectivity index (χ0) is 21.6. The maximum atomic E-state index is 12.6. The SMILES string of the molecule is COCCN1CCn2cc(C(=O)NCCN3CCN(c4ccccc4)CC3)nc2C1=O. The lowest BCUT2D eigenvalue weighted by Crippen LogP contribution is -2.48. The highest BCUT2D eigenvalue weighted by molar-refractivity contribution is 5.96. The number of anilines is 1. The van der Waals surface area contributed by atoms with Crippen molar-refractivity contribution in [1.82, 2.24) is 24.7 Å². The molecular formula is C22H30N6O3. The van der Waals surface area contributed by atoms with Crippen molar-refractivity contribution in [2.75, 3.05) is 71.0 Å². The first-order chi connectivity index (χ1) is 15.2. The average Bonchev–Trinajstić information content (AvgIpc) is 3.25. The molecular weight excluding hydrogens is 396 g/mol. The largest absolute Gasteiger partial charge is 0.383 e. The normalized spacial score (nSPS) is 17.0. The van der Waals surface area contributed by atoms with E-state index in [1.54, 1.807) is 22.8 Å². The predicted octanol–water partition coefficient (Wildman–Crippen LogP) is 0.537. The molecule has 0 aliphatic carbocycles. The minimum Gasteiger partial charge on any atom is -0.383 e. The number of aromatic nitrogens is 2. The highest BCUT2D eigenvalue weighted by Crippen LogP contribution is 2.15. The molecule has 2 aliphatic heterocycles. The van der Waals surface area contributed by atoms with Crippen molar-refractivity contribution in [3.8, 4) is 0 Å². The van der Waals surface area contributed by atoms with Crippen LogP contribution in [0, 0.1) is 0 Å². The molecule has 0 atom stereocenters. The third kappa shape index (κ3) is 5.05. The molecule has 3 heterocycles. The zero-order valence-electron chi connectivity index (χ0n) is 18.0. The van der Waals surface area contributed by atoms with E-state index in [4.69, 9.17) is 4.74 Å². The number of carbonyl (C=O) groups excluding carboxylic acids is 2. The van der Waals surface area contributed by atoms with Gasteiger partial charge in [0.1, 0.15) is 5.69 Å². The van der Waals surface area contributed by atoms with Crippen LogP contribution < -0.4 is 10.2 Å². The third-order valence-corrected chi connectivity index (χ3v) is 5.87. The molecule has 0 unspecified atom stereocenters. The molecule has 1 aromatic carbocycles. The fraction of sp³-hybridized carbons (Fsp3) is 0.500. The van der Waals surface area contributed by atoms with Crippen LogP contribution in [0.5, 0.6) is 0 Å². The van der Waals surface area contributed by atoms with Crippen molar-refractivity contribution < 1.29 is 14.3 Å². The molecule has 1 N–H and O–H groups in total. The summed E-state index contributed by atoms with van der Waals surface area (Å²) in [5.41, 5.74) is 1.56. The molecule has 1 fully saturated rings. The van der Waals surface area contributed by atoms with Crippen molar-refractivity contribution in [2.24, 2.45) is 0 Å². The maximum Gasteiger partial charge on any atom is 0.290 e. The van der Waals surface area contributed by atoms with E-state index in [1.807, 2.05) is 6.07 Å². The summed E-state index contributed by atoms with van der Waals surface area (Å²) >= 11 is 0. The molecule has 31 heavy (non-hydrogen) atoms. The van der Waals surface area contributed by atoms with Crippen molar-refractivity contribution in [3.05, 3.63) is 48.0 Å². The van der Waals surface area contributed by atoms with Gasteiger partial charge in [-0.2, -0.15) is 0 Å². The molecule has 0 spiro atoms. The second kappa shape index (κ2) is 9.93. The average molecular weight is 427 g/mol. The van der Waals surface area contributed by atoms with Gasteiger partial charge in [-0.25, -0.2) is 4.98 Å². The standard InChI is InChI=1S/C22H30N6O3/c1-31-16-15-27-13-14-28-17-19(24-20(28)22(27)30)21(29)23-7-8-25-9-11-26(12-10-25)18-5-3-2-4-6-18/h2-6,17H,7-16H2,1H3,(H,23,29). The van der Waals surface area contributed by atoms with Crippen LogP contribution in [-0.4, -0.2) is 97.2 Å². The summed E-state index contributed by atoms with van der Waals surface area (Å²) in [5.74, 6) is -0.0655. The van der Waals surface area contributed by atoms with Crippen LogP contribution in [0.1, 0.15) is 21.1 Å². The van der Waals surface area contributed by atoms with Crippen LogP contribution in [0.3, 0.4) is 0 Å². The summed E-state index contributed by atoms with van der Waals surface area (Å²) in [6.07, 6.45) is 1.68. The van der Waals surface area contributed by atoms with Crippen molar-refractivity contribution in [2.45, 2.75) is 6.54 Å². The van der Waals surface area contributed by atoms with Crippen LogP contribution in [0.25, 0.3) is 0 Å². The number of para-hydroxylation sites is 1. The Bertz CT molecular complexity index is 892. The van der Waals surface area contributed by atoms with Gasteiger partial charge < -0.3 is 24.4 Å². The van der Waals surface area contributed by atoms with Gasteiger partial charge >= 0.3 is 0 Å². The first kappa shape index (κ1) is 21.3. The monoisotopic (exact) mass is 426 g/mol. The number of nitrogens with one attached hydrogen (secondary N) is 1. The summed E-state index contributed by atoms with van der Waals surface area (Å²) < 4.78 is 6.82. The summed E-state index contributed by atoms with van der Waals surface area (Å²) in [7, 11) is 1.61. The first-order valence-electron chi connectivity index (χ1n) is 10.8. The molecule has 2 aromatic rings. The molecule has 0 saturated carbocycles. The summed E-state index contributed by atoms with van der Waals surface area (Å²) in [6.45, 7) is 7.50. The van der Waals surface area contributed by atoms with Crippen LogP contribution in [0.4, 0.5) is 5.69 Å². The number of benzene rings is 1. The summed E-state index contributed by atoms with van der Waals surface area (Å²) in [4.78, 5) is 35.8. The molecule has 2 amide bonds. The maximum absolute atomic E-state index is 12.6. The summed E-state index contributed by atoms with van der Waals surface area (Å²) in [5, 5.41) is 2.94. The van der Waals surface area contributed by atoms with Gasteiger partial charge in [0.25, 0.3) is 11.8 Å². The number of piperazine rings is 1. The van der Waals surface area contributed by atoms with Crippen LogP contribution in [-0.2, 0) is 11.3 Å². The summed E-state index contributed by atoms with van der Waals surface area (Å²) in [6, 6.07) is 10.4. The van der Waals surface area contributed by atoms with Gasteiger partial charge in [-0.15, -0.1) is 0 Å². The lowest BCUT2D eigenvalue weighted by molar-refractivity contribution is 0.0633. The van der Waals surface area contributed by atoms with E-state index in [1.165, 1.54) is 5.69 Å². The lowest BCUT2D eigenvalue weighted by atomic mass is 10.2. The fourth-order valence-corrected chi connectivity index (χ4v) is 4.04. The Labute approximate surface area is 182 Å². The number of nitrogens with zero attached hydrogens (tertiary/aromatic N) is 5. The van der Waals surface area contributed by atoms with E-state index in [9.17, 15) is 9.59 Å². The van der Waals surface area contributed by atoms with Gasteiger partial charge in [-0.05, 0) is 12.1 Å². The smallest absolute Gasteiger partial charge is 0.290 e. The van der Waals surface area contributed by atoms with Gasteiger partial charge in [-0.1, -0.05) is 18.2 Å². The zero-order valence-corrected chi connectivity index (χ0v) is 18.0. The van der Waals surface area contributed by atoms with Gasteiger partial charge in [0.2, 0.25) is 0 Å². The lowest BCUT2D eigenvalue weighted by Gasteiger charge is -2.36. The third-order valence-electron chi connectivity index (χ3n) is 5.87. The Morgan fingerprint density at radius 2 is 1.84 bits per heavy atom. The van der Waals surface area contributed by atoms with E-state index in [0.29, 0.717) is 44.3 Å². The number of carbonyl (C=O) groups is 2. The topological polar surface area (TPSA) is 82.9 Å². The van der Waals surface area contributed by atoms with E-state index in [2.05, 4.69) is 44.4 Å². The molecule has 0 bridgehead atoms. The number of methoxy groups -OCH3 is 1. The van der Waals surface area contributed by atoms with E-state index in [-0.39, 0.29) is 11.8 Å². The molecule has 9 heteroatoms. The number of fused-ring (bicyclic) bond motifs is 1. The Morgan fingerprint density at radius 3 is 2.58 bits per heavy atom. The van der Waals surface area contributed by atoms with E-state index >= 15 is 0 Å². The highest BCUT2D eigenvalue weighted by Gasteiger charge is 2.28. The molecule has 1 aromatic heterocycles. The van der Waals surface area contributed by atoms with Gasteiger partial charge in [-0.3, -0.25) is 14.5 Å². The Kier molecular flexibility index (Phi) is 6.83. The molecule has 9 nitrogen and oxygen atoms in total. The van der Waals surface area contributed by atoms with Crippen LogP contribution >= 0.6 is 0 Å². The Hall–Kier alpha value is -2.91. The number of rotatable bonds is 8. The number of imidazole rings is 1. The molecule has 0 radical (unpaired) electrons. The number of amides is 2. The van der Waals surface area contributed by atoms with Crippen molar-refractivity contribution in [1.29, 1.82) is 0 Å². The number of hydrogen-bond donors (Lipinski definition) is 1. The minimum absolute atomic E-state index is 0.154. The second-order valence-electron chi connectivity index (χ2n) is 7.85. The molecule has 4 rings (SSSR count). The fourth-order valence-electron chi connectivity index (χ4n) is 4.04. The van der Waals surface area contributed by atoms with Crippen LogP contribution in [0.2, 0.25) is 0 Å². The first-order valence-corrected chi connectivity index (χ1v) is 10.8. The number of hydrogen-bond acceptors (Lipinski definition) is 6. The quantitative estimate of drug-likeness (QED) is 0.663. The van der Waals surface area contributed by atoms with Gasteiger partial charge in [0.05, 0.1) is 6.61 Å². The molecule has 2 aliphatic rings. The second-order valence-corrected chi connectivity index (χ2v) is 7.85. The minimum atomic E-state index is -0.235. The van der Waals surface area contributed by atoms with Crippen LogP contribution in [0.15, 0.2) is 36.5 Å². The predicted molar refractivity (Wildman–Crippen MR) is 117 cm³/mol. The van der Waals surface area contributed by atoms with E-state index in [0.717, 1.165) is 32.7 Å². The van der Waals surface area contributed by atoms with Crippen molar-refractivity contribution >= 4 is 17.5 Å². The Balaban J connectivity index is 1.23.